The summed E-state index contributed by atoms with van der Waals surface area (Å²) in [6.07, 6.45) is 3.65. The molecule has 2 heterocycles. The minimum Gasteiger partial charge on any atom is -0.497 e. The number of methoxy groups -OCH3 is 1. The number of carbonyl (C=O) groups excluding carboxylic acids is 1. The van der Waals surface area contributed by atoms with Gasteiger partial charge in [-0.1, -0.05) is 48.5 Å². The van der Waals surface area contributed by atoms with Crippen molar-refractivity contribution >= 4 is 6.09 Å². The number of aliphatic hydroxyl groups is 1. The molecule has 2 unspecified atom stereocenters. The number of carbonyl (C=O) groups is 1. The molecule has 1 N–H and O–H groups in total. The molecule has 192 valence electrons. The van der Waals surface area contributed by atoms with Crippen molar-refractivity contribution < 1.29 is 19.4 Å². The van der Waals surface area contributed by atoms with E-state index in [-0.39, 0.29) is 24.1 Å². The molecule has 2 atom stereocenters. The molecular formula is C32H35NO4. The molecule has 0 spiro atoms. The zero-order chi connectivity index (χ0) is 25.7. The molecular weight excluding hydrogens is 462 g/mol. The Hall–Kier alpha value is -3.31. The van der Waals surface area contributed by atoms with Crippen LogP contribution in [0, 0.1) is 13.8 Å². The third-order valence-electron chi connectivity index (χ3n) is 8.76. The highest BCUT2D eigenvalue weighted by molar-refractivity contribution is 5.79. The first kappa shape index (κ1) is 24.1. The van der Waals surface area contributed by atoms with Crippen LogP contribution in [0.15, 0.2) is 60.7 Å². The van der Waals surface area contributed by atoms with Crippen LogP contribution in [0.5, 0.6) is 5.75 Å². The number of hydrogen-bond donors (Lipinski definition) is 1. The molecule has 0 aromatic heterocycles. The number of fused-ring (bicyclic) bond motifs is 5. The van der Waals surface area contributed by atoms with Crippen molar-refractivity contribution in [3.63, 3.8) is 0 Å². The van der Waals surface area contributed by atoms with Crippen LogP contribution in [0.4, 0.5) is 4.79 Å². The Bertz CT molecular complexity index is 1270. The van der Waals surface area contributed by atoms with E-state index in [1.807, 2.05) is 30.9 Å². The Balaban J connectivity index is 1.22. The monoisotopic (exact) mass is 497 g/mol. The summed E-state index contributed by atoms with van der Waals surface area (Å²) in [5.74, 6) is 0.848. The number of nitrogens with zero attached hydrogens (tertiary/aromatic N) is 1. The average molecular weight is 498 g/mol. The minimum absolute atomic E-state index is 0.0333. The number of ether oxygens (including phenoxy) is 2. The molecule has 0 radical (unpaired) electrons. The van der Waals surface area contributed by atoms with Gasteiger partial charge in [0.2, 0.25) is 0 Å². The molecule has 3 aromatic rings. The molecule has 2 saturated heterocycles. The Kier molecular flexibility index (Phi) is 5.99. The van der Waals surface area contributed by atoms with Gasteiger partial charge in [-0.3, -0.25) is 0 Å². The van der Waals surface area contributed by atoms with Gasteiger partial charge in [-0.15, -0.1) is 0 Å². The lowest BCUT2D eigenvalue weighted by Crippen LogP contribution is -2.59. The van der Waals surface area contributed by atoms with Crippen molar-refractivity contribution in [2.75, 3.05) is 13.7 Å². The molecule has 6 rings (SSSR count). The van der Waals surface area contributed by atoms with E-state index < -0.39 is 5.60 Å². The van der Waals surface area contributed by atoms with Crippen molar-refractivity contribution in [3.8, 4) is 16.9 Å². The van der Waals surface area contributed by atoms with Gasteiger partial charge >= 0.3 is 6.09 Å². The summed E-state index contributed by atoms with van der Waals surface area (Å²) < 4.78 is 11.5. The van der Waals surface area contributed by atoms with Gasteiger partial charge < -0.3 is 19.5 Å². The quantitative estimate of drug-likeness (QED) is 0.449. The molecule has 2 aliphatic heterocycles. The van der Waals surface area contributed by atoms with Crippen LogP contribution in [0.3, 0.4) is 0 Å². The lowest BCUT2D eigenvalue weighted by atomic mass is 9.70. The highest BCUT2D eigenvalue weighted by Gasteiger charge is 2.49. The topological polar surface area (TPSA) is 59.0 Å². The first-order valence-electron chi connectivity index (χ1n) is 13.4. The van der Waals surface area contributed by atoms with Crippen molar-refractivity contribution in [1.82, 2.24) is 4.90 Å². The third kappa shape index (κ3) is 4.00. The summed E-state index contributed by atoms with van der Waals surface area (Å²) in [4.78, 5) is 15.5. The van der Waals surface area contributed by atoms with Crippen molar-refractivity contribution in [2.45, 2.75) is 69.6 Å². The van der Waals surface area contributed by atoms with Crippen LogP contribution in [0.25, 0.3) is 11.1 Å². The second-order valence-corrected chi connectivity index (χ2v) is 11.0. The smallest absolute Gasteiger partial charge is 0.410 e. The summed E-state index contributed by atoms with van der Waals surface area (Å²) in [5, 5.41) is 12.0. The summed E-state index contributed by atoms with van der Waals surface area (Å²) in [6.45, 7) is 4.40. The zero-order valence-electron chi connectivity index (χ0n) is 21.9. The van der Waals surface area contributed by atoms with Gasteiger partial charge in [0.1, 0.15) is 12.4 Å². The Morgan fingerprint density at radius 1 is 0.946 bits per heavy atom. The van der Waals surface area contributed by atoms with Crippen LogP contribution < -0.4 is 4.74 Å². The van der Waals surface area contributed by atoms with E-state index in [1.54, 1.807) is 7.11 Å². The van der Waals surface area contributed by atoms with Gasteiger partial charge in [-0.05, 0) is 84.2 Å². The summed E-state index contributed by atoms with van der Waals surface area (Å²) in [6, 6.07) is 20.7. The van der Waals surface area contributed by atoms with E-state index in [1.165, 1.54) is 22.3 Å². The molecule has 0 saturated carbocycles. The van der Waals surface area contributed by atoms with Gasteiger partial charge in [0.25, 0.3) is 0 Å². The summed E-state index contributed by atoms with van der Waals surface area (Å²) in [5.41, 5.74) is 6.98. The molecule has 2 fully saturated rings. The predicted molar refractivity (Wildman–Crippen MR) is 144 cm³/mol. The molecule has 3 aliphatic rings. The summed E-state index contributed by atoms with van der Waals surface area (Å²) in [7, 11) is 1.67. The van der Waals surface area contributed by atoms with Crippen molar-refractivity contribution in [1.29, 1.82) is 0 Å². The summed E-state index contributed by atoms with van der Waals surface area (Å²) >= 11 is 0. The second-order valence-electron chi connectivity index (χ2n) is 11.0. The third-order valence-corrected chi connectivity index (χ3v) is 8.76. The van der Waals surface area contributed by atoms with Crippen LogP contribution in [0.2, 0.25) is 0 Å². The first-order valence-corrected chi connectivity index (χ1v) is 13.4. The first-order chi connectivity index (χ1) is 17.9. The minimum atomic E-state index is -0.962. The van der Waals surface area contributed by atoms with E-state index >= 15 is 0 Å². The van der Waals surface area contributed by atoms with Gasteiger partial charge in [0.05, 0.1) is 12.7 Å². The Morgan fingerprint density at radius 3 is 2.03 bits per heavy atom. The molecule has 5 nitrogen and oxygen atoms in total. The normalized spacial score (nSPS) is 24.4. The van der Waals surface area contributed by atoms with Crippen LogP contribution in [-0.4, -0.2) is 41.9 Å². The molecule has 37 heavy (non-hydrogen) atoms. The van der Waals surface area contributed by atoms with Gasteiger partial charge in [0, 0.05) is 30.8 Å². The predicted octanol–water partition coefficient (Wildman–Crippen LogP) is 6.47. The Morgan fingerprint density at radius 2 is 1.49 bits per heavy atom. The Labute approximate surface area is 219 Å². The van der Waals surface area contributed by atoms with Crippen molar-refractivity contribution in [3.05, 3.63) is 88.5 Å². The molecule has 1 amide bonds. The number of aryl methyl sites for hydroxylation is 2. The number of rotatable bonds is 4. The maximum atomic E-state index is 13.6. The van der Waals surface area contributed by atoms with Gasteiger partial charge in [0.15, 0.2) is 0 Å². The van der Waals surface area contributed by atoms with E-state index in [2.05, 4.69) is 48.5 Å². The highest BCUT2D eigenvalue weighted by Crippen LogP contribution is 2.48. The molecule has 3 aromatic carbocycles. The number of amides is 1. The molecule has 2 bridgehead atoms. The standard InChI is InChI=1S/C32H35NO4/c1-20-15-24(36-3)16-21(2)30(20)32(35)17-22-9-8-10-23(18-32)33(22)31(34)37-19-29-27-13-6-4-11-25(27)26-12-5-7-14-28(26)29/h4-7,11-16,22-23,29,35H,8-10,17-19H2,1-3H3. The van der Waals surface area contributed by atoms with Crippen LogP contribution in [-0.2, 0) is 10.3 Å². The fourth-order valence-corrected chi connectivity index (χ4v) is 7.38. The fourth-order valence-electron chi connectivity index (χ4n) is 7.38. The average Bonchev–Trinajstić information content (AvgIpc) is 3.20. The molecule has 1 aliphatic carbocycles. The van der Waals surface area contributed by atoms with Crippen molar-refractivity contribution in [2.24, 2.45) is 0 Å². The lowest BCUT2D eigenvalue weighted by Gasteiger charge is -2.52. The van der Waals surface area contributed by atoms with E-state index in [9.17, 15) is 9.90 Å². The number of piperidine rings is 2. The van der Waals surface area contributed by atoms with Crippen LogP contribution >= 0.6 is 0 Å². The van der Waals surface area contributed by atoms with Gasteiger partial charge in [-0.25, -0.2) is 4.79 Å². The SMILES string of the molecule is COc1cc(C)c(C2(O)CC3CCCC(C2)N3C(=O)OCC2c3ccccc3-c3ccccc32)c(C)c1. The fraction of sp³-hybridized carbons (Fsp3) is 0.406. The second kappa shape index (κ2) is 9.21. The van der Waals surface area contributed by atoms with Gasteiger partial charge in [-0.2, -0.15) is 0 Å². The largest absolute Gasteiger partial charge is 0.497 e. The zero-order valence-corrected chi connectivity index (χ0v) is 21.9. The molecule has 5 heteroatoms. The maximum Gasteiger partial charge on any atom is 0.410 e. The van der Waals surface area contributed by atoms with E-state index in [4.69, 9.17) is 9.47 Å². The lowest BCUT2D eigenvalue weighted by molar-refractivity contribution is -0.0896. The number of hydrogen-bond acceptors (Lipinski definition) is 4. The maximum absolute atomic E-state index is 13.6. The van der Waals surface area contributed by atoms with E-state index in [0.29, 0.717) is 19.4 Å². The number of benzene rings is 3. The highest BCUT2D eigenvalue weighted by atomic mass is 16.6. The van der Waals surface area contributed by atoms with E-state index in [0.717, 1.165) is 41.7 Å². The van der Waals surface area contributed by atoms with Crippen LogP contribution in [0.1, 0.15) is 65.8 Å².